The maximum Gasteiger partial charge on any atom is 0.269 e. The predicted molar refractivity (Wildman–Crippen MR) is 236 cm³/mol. The van der Waals surface area contributed by atoms with E-state index in [9.17, 15) is 29.9 Å². The number of nitro groups is 1. The van der Waals surface area contributed by atoms with Crippen LogP contribution >= 0.6 is 0 Å². The molecule has 0 atom stereocenters. The first-order valence-electron chi connectivity index (χ1n) is 20.1. The number of piperidine rings is 2. The third-order valence-corrected chi connectivity index (χ3v) is 11.4. The number of ketones is 2. The lowest BCUT2D eigenvalue weighted by molar-refractivity contribution is -0.384. The smallest absolute Gasteiger partial charge is 0.269 e. The number of nitro benzene ring substituents is 1. The molecule has 0 unspecified atom stereocenters. The number of likely N-dealkylation sites (tertiary alicyclic amines) is 2. The van der Waals surface area contributed by atoms with Gasteiger partial charge in [0.1, 0.15) is 0 Å². The van der Waals surface area contributed by atoms with E-state index in [1.54, 1.807) is 43.3 Å². The molecule has 2 saturated heterocycles. The fourth-order valence-corrected chi connectivity index (χ4v) is 7.83. The van der Waals surface area contributed by atoms with E-state index < -0.39 is 4.92 Å². The van der Waals surface area contributed by atoms with E-state index in [-0.39, 0.29) is 41.1 Å². The molecule has 60 heavy (non-hydrogen) atoms. The number of nitrogen functional groups attached to an aromatic ring is 1. The van der Waals surface area contributed by atoms with Crippen LogP contribution < -0.4 is 5.73 Å². The van der Waals surface area contributed by atoms with Crippen LogP contribution in [0.5, 0.6) is 11.8 Å². The fraction of sp³-hybridized carbons (Fsp3) is 0.304. The number of fused-ring (bicyclic) bond motifs is 2. The van der Waals surface area contributed by atoms with Crippen LogP contribution in [0, 0.1) is 10.1 Å². The predicted octanol–water partition coefficient (Wildman–Crippen LogP) is 7.51. The number of anilines is 1. The van der Waals surface area contributed by atoms with E-state index in [1.165, 1.54) is 19.1 Å². The third-order valence-electron chi connectivity index (χ3n) is 11.4. The van der Waals surface area contributed by atoms with Gasteiger partial charge in [-0.15, -0.1) is 0 Å². The highest BCUT2D eigenvalue weighted by atomic mass is 16.6. The van der Waals surface area contributed by atoms with E-state index in [0.717, 1.165) is 74.0 Å². The van der Waals surface area contributed by atoms with Gasteiger partial charge in [-0.05, 0) is 140 Å². The minimum absolute atomic E-state index is 0.00981. The van der Waals surface area contributed by atoms with E-state index in [1.807, 2.05) is 36.4 Å². The molecular formula is C46H50N8O6. The molecular weight excluding hydrogens is 761 g/mol. The lowest BCUT2D eigenvalue weighted by atomic mass is 9.97. The van der Waals surface area contributed by atoms with Gasteiger partial charge in [0.25, 0.3) is 5.69 Å². The highest BCUT2D eigenvalue weighted by Crippen LogP contribution is 2.34. The SMILES string of the molecule is CC(=O)c1ccc2[nH]c(O)c(C(=NC3CCN(C)CC3)c3ccc(N)cc3)c2c1.CC(=O)c1ccc2[nH]c(O)c(C(=NC3CCN(C)CC3)c3ccc([N+](=O)[O-])cc3)c2c1. The number of rotatable bonds is 9. The number of carbonyl (C=O) groups excluding carboxylic acids is 2. The summed E-state index contributed by atoms with van der Waals surface area (Å²) in [6, 6.07) is 24.6. The Morgan fingerprint density at radius 1 is 0.650 bits per heavy atom. The van der Waals surface area contributed by atoms with Crippen molar-refractivity contribution in [1.29, 1.82) is 0 Å². The van der Waals surface area contributed by atoms with Gasteiger partial charge in [0.15, 0.2) is 23.3 Å². The number of hydrogen-bond donors (Lipinski definition) is 5. The molecule has 8 rings (SSSR count). The molecule has 6 N–H and O–H groups in total. The van der Waals surface area contributed by atoms with Crippen LogP contribution in [0.15, 0.2) is 94.9 Å². The van der Waals surface area contributed by atoms with Crippen LogP contribution in [0.1, 0.15) is 82.5 Å². The maximum atomic E-state index is 11.9. The number of hydrogen-bond acceptors (Lipinski definition) is 11. The first-order valence-corrected chi connectivity index (χ1v) is 20.1. The standard InChI is InChI=1S/C23H24N4O4.C23H26N4O2/c1-14(28)16-5-8-20-19(13-16)21(23(29)25-20)22(24-17-9-11-26(2)12-10-17)15-3-6-18(7-4-15)27(30)31;1-14(28)16-5-8-20-19(13-16)21(23(29)26-20)22(15-3-6-17(24)7-4-15)25-18-9-11-27(2)12-10-18/h3-8,13,17,25,29H,9-12H2,1-2H3;3-8,13,18,26,29H,9-12,24H2,1-2H3. The number of aromatic hydroxyl groups is 2. The molecule has 2 fully saturated rings. The van der Waals surface area contributed by atoms with E-state index in [0.29, 0.717) is 50.1 Å². The minimum Gasteiger partial charge on any atom is -0.494 e. The number of aromatic nitrogens is 2. The van der Waals surface area contributed by atoms with Crippen LogP contribution in [0.25, 0.3) is 21.8 Å². The lowest BCUT2D eigenvalue weighted by Crippen LogP contribution is -2.32. The van der Waals surface area contributed by atoms with Crippen LogP contribution in [0.4, 0.5) is 11.4 Å². The van der Waals surface area contributed by atoms with Crippen molar-refractivity contribution in [1.82, 2.24) is 19.8 Å². The second kappa shape index (κ2) is 17.7. The number of nitrogens with one attached hydrogen (secondary N) is 2. The first kappa shape index (κ1) is 41.5. The Hall–Kier alpha value is -6.64. The molecule has 6 aromatic rings. The van der Waals surface area contributed by atoms with Gasteiger partial charge in [-0.2, -0.15) is 0 Å². The largest absolute Gasteiger partial charge is 0.494 e. The molecule has 0 radical (unpaired) electrons. The van der Waals surface area contributed by atoms with Gasteiger partial charge in [-0.25, -0.2) is 0 Å². The summed E-state index contributed by atoms with van der Waals surface area (Å²) in [6.45, 7) is 6.89. The normalized spacial score (nSPS) is 16.2. The average Bonchev–Trinajstić information content (AvgIpc) is 3.74. The zero-order valence-corrected chi connectivity index (χ0v) is 34.2. The van der Waals surface area contributed by atoms with Gasteiger partial charge in [-0.3, -0.25) is 29.7 Å². The number of carbonyl (C=O) groups is 2. The zero-order chi connectivity index (χ0) is 42.7. The van der Waals surface area contributed by atoms with Crippen molar-refractivity contribution in [3.63, 3.8) is 0 Å². The number of H-pyrrole nitrogens is 2. The summed E-state index contributed by atoms with van der Waals surface area (Å²) in [6.07, 6.45) is 3.71. The van der Waals surface area contributed by atoms with Crippen LogP contribution in [0.2, 0.25) is 0 Å². The Morgan fingerprint density at radius 2 is 1.02 bits per heavy atom. The number of nitrogens with two attached hydrogens (primary N) is 1. The second-order valence-corrected chi connectivity index (χ2v) is 15.8. The molecule has 0 saturated carbocycles. The molecule has 0 spiro atoms. The number of non-ortho nitro benzene ring substituents is 1. The molecule has 4 aromatic carbocycles. The Balaban J connectivity index is 0.000000182. The maximum absolute atomic E-state index is 11.9. The molecule has 0 bridgehead atoms. The molecule has 14 heteroatoms. The summed E-state index contributed by atoms with van der Waals surface area (Å²) in [7, 11) is 4.20. The van der Waals surface area contributed by atoms with Gasteiger partial charge in [0, 0.05) is 61.9 Å². The summed E-state index contributed by atoms with van der Waals surface area (Å²) in [5, 5.41) is 34.1. The van der Waals surface area contributed by atoms with E-state index >= 15 is 0 Å². The fourth-order valence-electron chi connectivity index (χ4n) is 7.83. The Labute approximate surface area is 347 Å². The van der Waals surface area contributed by atoms with Gasteiger partial charge >= 0.3 is 0 Å². The summed E-state index contributed by atoms with van der Waals surface area (Å²) in [5.41, 5.74) is 13.1. The summed E-state index contributed by atoms with van der Waals surface area (Å²) >= 11 is 0. The summed E-state index contributed by atoms with van der Waals surface area (Å²) < 4.78 is 0. The lowest BCUT2D eigenvalue weighted by Gasteiger charge is -2.27. The highest BCUT2D eigenvalue weighted by Gasteiger charge is 2.25. The monoisotopic (exact) mass is 810 g/mol. The molecule has 14 nitrogen and oxygen atoms in total. The van der Waals surface area contributed by atoms with Crippen molar-refractivity contribution in [3.8, 4) is 11.8 Å². The van der Waals surface area contributed by atoms with Gasteiger partial charge in [0.05, 0.1) is 39.6 Å². The number of aliphatic imine (C=N–C) groups is 2. The average molecular weight is 811 g/mol. The Kier molecular flexibility index (Phi) is 12.2. The van der Waals surface area contributed by atoms with Crippen LogP contribution in [0.3, 0.4) is 0 Å². The number of aromatic amines is 2. The molecule has 4 heterocycles. The quantitative estimate of drug-likeness (QED) is 0.0322. The van der Waals surface area contributed by atoms with Gasteiger partial charge in [-0.1, -0.05) is 12.1 Å². The van der Waals surface area contributed by atoms with E-state index in [2.05, 4.69) is 33.9 Å². The van der Waals surface area contributed by atoms with Crippen LogP contribution in [-0.2, 0) is 0 Å². The zero-order valence-electron chi connectivity index (χ0n) is 34.2. The Morgan fingerprint density at radius 3 is 1.38 bits per heavy atom. The topological polar surface area (TPSA) is 207 Å². The van der Waals surface area contributed by atoms with Crippen molar-refractivity contribution in [2.45, 2.75) is 51.6 Å². The molecule has 2 aliphatic rings. The Bertz CT molecular complexity index is 2610. The van der Waals surface area contributed by atoms with Crippen LogP contribution in [-0.4, -0.2) is 110 Å². The first-order chi connectivity index (χ1) is 28.7. The van der Waals surface area contributed by atoms with Gasteiger partial charge < -0.3 is 35.7 Å². The van der Waals surface area contributed by atoms with Crippen molar-refractivity contribution in [2.24, 2.45) is 9.98 Å². The van der Waals surface area contributed by atoms with Crippen molar-refractivity contribution >= 4 is 56.2 Å². The number of Topliss-reactive ketones (excluding diaryl/α,β-unsaturated/α-hetero) is 2. The van der Waals surface area contributed by atoms with Crippen molar-refractivity contribution in [3.05, 3.63) is 128 Å². The van der Waals surface area contributed by atoms with Gasteiger partial charge in [0.2, 0.25) is 0 Å². The molecule has 0 amide bonds. The molecule has 2 aliphatic heterocycles. The second-order valence-electron chi connectivity index (χ2n) is 15.8. The third kappa shape index (κ3) is 9.14. The highest BCUT2D eigenvalue weighted by molar-refractivity contribution is 6.22. The minimum atomic E-state index is -0.445. The number of benzene rings is 4. The van der Waals surface area contributed by atoms with Crippen molar-refractivity contribution < 1.29 is 24.7 Å². The summed E-state index contributed by atoms with van der Waals surface area (Å²) in [5.74, 6) is -0.0672. The molecule has 2 aromatic heterocycles. The van der Waals surface area contributed by atoms with Crippen molar-refractivity contribution in [2.75, 3.05) is 46.0 Å². The summed E-state index contributed by atoms with van der Waals surface area (Å²) in [4.78, 5) is 55.1. The number of nitrogens with zero attached hydrogens (tertiary/aromatic N) is 5. The van der Waals surface area contributed by atoms with E-state index in [4.69, 9.17) is 15.7 Å². The molecule has 310 valence electrons. The molecule has 0 aliphatic carbocycles.